The van der Waals surface area contributed by atoms with Crippen LogP contribution in [0.1, 0.15) is 24.0 Å². The van der Waals surface area contributed by atoms with Crippen molar-refractivity contribution >= 4 is 31.3 Å². The molecule has 27 heavy (non-hydrogen) atoms. The van der Waals surface area contributed by atoms with Gasteiger partial charge < -0.3 is 10.1 Å². The lowest BCUT2D eigenvalue weighted by Crippen LogP contribution is -2.09. The number of benzene rings is 1. The van der Waals surface area contributed by atoms with E-state index < -0.39 is 24.9 Å². The lowest BCUT2D eigenvalue weighted by molar-refractivity contribution is -0.137. The highest BCUT2D eigenvalue weighted by Gasteiger charge is 2.34. The number of nitrogens with zero attached hydrogens (tertiary/aromatic N) is 2. The summed E-state index contributed by atoms with van der Waals surface area (Å²) in [6, 6.07) is 5.28. The van der Waals surface area contributed by atoms with E-state index in [1.54, 1.807) is 12.1 Å². The summed E-state index contributed by atoms with van der Waals surface area (Å²) < 4.78 is 54.1. The normalized spacial score (nSPS) is 12.0. The Morgan fingerprint density at radius 3 is 2.67 bits per heavy atom. The maximum Gasteiger partial charge on any atom is 0.505 e. The fraction of sp³-hybridized carbons (Fsp3) is 0.375. The summed E-state index contributed by atoms with van der Waals surface area (Å²) in [6.45, 7) is 0. The average molecular weight is 423 g/mol. The molecule has 2 aromatic rings. The van der Waals surface area contributed by atoms with E-state index in [-0.39, 0.29) is 12.1 Å². The first-order chi connectivity index (χ1) is 12.7. The van der Waals surface area contributed by atoms with Gasteiger partial charge in [0.2, 0.25) is 5.95 Å². The van der Waals surface area contributed by atoms with Crippen LogP contribution in [-0.4, -0.2) is 28.1 Å². The summed E-state index contributed by atoms with van der Waals surface area (Å²) >= 11 is 5.59. The minimum atomic E-state index is -4.63. The van der Waals surface area contributed by atoms with Gasteiger partial charge in [-0.05, 0) is 41.5 Å². The van der Waals surface area contributed by atoms with Crippen LogP contribution in [0, 0.1) is 0 Å². The standard InChI is InChI=1S/C16H16ClF3N3O3P/c1-26-13-8-10(4-2-3-7-27(24)25)5-6-12(13)22-15-21-9-11(14(17)23-15)16(18,19)20/h5-6,8-9H,2-4,7H2,1H3,(H-,21,22,23,24,25)/p+1. The molecule has 0 saturated carbocycles. The van der Waals surface area contributed by atoms with Gasteiger partial charge in [0.25, 0.3) is 0 Å². The van der Waals surface area contributed by atoms with Crippen LogP contribution in [0.15, 0.2) is 24.4 Å². The van der Waals surface area contributed by atoms with Crippen LogP contribution in [0.4, 0.5) is 24.8 Å². The molecule has 0 saturated heterocycles. The van der Waals surface area contributed by atoms with Gasteiger partial charge in [0.1, 0.15) is 16.5 Å². The molecule has 2 N–H and O–H groups in total. The van der Waals surface area contributed by atoms with Crippen LogP contribution in [0.2, 0.25) is 5.15 Å². The van der Waals surface area contributed by atoms with Crippen LogP contribution >= 0.6 is 19.6 Å². The van der Waals surface area contributed by atoms with Crippen LogP contribution in [0.3, 0.4) is 0 Å². The third-order valence-electron chi connectivity index (χ3n) is 3.62. The average Bonchev–Trinajstić information content (AvgIpc) is 2.58. The van der Waals surface area contributed by atoms with Gasteiger partial charge in [-0.3, -0.25) is 0 Å². The summed E-state index contributed by atoms with van der Waals surface area (Å²) in [4.78, 5) is 16.1. The number of unbranched alkanes of at least 4 members (excludes halogenated alkanes) is 1. The van der Waals surface area contributed by atoms with Gasteiger partial charge in [-0.25, -0.2) is 9.97 Å². The molecule has 0 amide bonds. The molecule has 1 heterocycles. The minimum Gasteiger partial charge on any atom is -0.495 e. The lowest BCUT2D eigenvalue weighted by atomic mass is 10.1. The highest BCUT2D eigenvalue weighted by atomic mass is 35.5. The van der Waals surface area contributed by atoms with Crippen molar-refractivity contribution in [2.45, 2.75) is 25.4 Å². The molecule has 0 bridgehead atoms. The molecule has 0 spiro atoms. The van der Waals surface area contributed by atoms with E-state index in [2.05, 4.69) is 15.3 Å². The second-order valence-corrected chi connectivity index (χ2v) is 7.10. The molecule has 1 unspecified atom stereocenters. The van der Waals surface area contributed by atoms with Gasteiger partial charge in [-0.2, -0.15) is 18.1 Å². The maximum atomic E-state index is 12.7. The molecule has 0 aliphatic carbocycles. The van der Waals surface area contributed by atoms with Crippen molar-refractivity contribution in [3.8, 4) is 5.75 Å². The van der Waals surface area contributed by atoms with E-state index in [0.29, 0.717) is 30.5 Å². The minimum absolute atomic E-state index is 0.0919. The lowest BCUT2D eigenvalue weighted by Gasteiger charge is -2.13. The Kier molecular flexibility index (Phi) is 7.35. The zero-order valence-corrected chi connectivity index (χ0v) is 15.9. The smallest absolute Gasteiger partial charge is 0.495 e. The molecule has 0 radical (unpaired) electrons. The maximum absolute atomic E-state index is 12.7. The van der Waals surface area contributed by atoms with Gasteiger partial charge in [0.15, 0.2) is 6.16 Å². The van der Waals surface area contributed by atoms with Gasteiger partial charge in [-0.1, -0.05) is 17.7 Å². The van der Waals surface area contributed by atoms with Crippen LogP contribution in [0.5, 0.6) is 5.75 Å². The highest BCUT2D eigenvalue weighted by Crippen LogP contribution is 2.34. The quantitative estimate of drug-likeness (QED) is 0.355. The predicted molar refractivity (Wildman–Crippen MR) is 96.0 cm³/mol. The number of ether oxygens (including phenoxy) is 1. The molecule has 146 valence electrons. The molecule has 1 atom stereocenters. The number of aromatic nitrogens is 2. The van der Waals surface area contributed by atoms with E-state index in [9.17, 15) is 17.7 Å². The second-order valence-electron chi connectivity index (χ2n) is 5.59. The summed E-state index contributed by atoms with van der Waals surface area (Å²) in [5.74, 6) is 0.367. The molecule has 0 aliphatic rings. The zero-order chi connectivity index (χ0) is 20.0. The first-order valence-electron chi connectivity index (χ1n) is 7.88. The van der Waals surface area contributed by atoms with Crippen LogP contribution < -0.4 is 10.1 Å². The molecule has 1 aromatic carbocycles. The number of hydrogen-bond acceptors (Lipinski definition) is 5. The van der Waals surface area contributed by atoms with Gasteiger partial charge in [0, 0.05) is 6.20 Å². The van der Waals surface area contributed by atoms with Gasteiger partial charge >= 0.3 is 14.2 Å². The van der Waals surface area contributed by atoms with E-state index in [1.807, 2.05) is 6.07 Å². The molecule has 6 nitrogen and oxygen atoms in total. The van der Waals surface area contributed by atoms with Crippen LogP contribution in [0.25, 0.3) is 0 Å². The Hall–Kier alpha value is -1.96. The number of aryl methyl sites for hydroxylation is 1. The Morgan fingerprint density at radius 2 is 2.07 bits per heavy atom. The van der Waals surface area contributed by atoms with Crippen molar-refractivity contribution in [3.05, 3.63) is 40.7 Å². The van der Waals surface area contributed by atoms with Crippen molar-refractivity contribution in [2.75, 3.05) is 18.6 Å². The first kappa shape index (κ1) is 21.3. The molecular weight excluding hydrogens is 406 g/mol. The Labute approximate surface area is 159 Å². The van der Waals surface area contributed by atoms with Crippen molar-refractivity contribution in [1.29, 1.82) is 0 Å². The number of anilines is 2. The van der Waals surface area contributed by atoms with E-state index in [1.165, 1.54) is 7.11 Å². The molecule has 0 aliphatic heterocycles. The zero-order valence-electron chi connectivity index (χ0n) is 14.3. The molecule has 0 fully saturated rings. The summed E-state index contributed by atoms with van der Waals surface area (Å²) in [6.07, 6.45) is -1.68. The summed E-state index contributed by atoms with van der Waals surface area (Å²) in [5, 5.41) is 2.09. The van der Waals surface area contributed by atoms with Crippen LogP contribution in [-0.2, 0) is 17.2 Å². The monoisotopic (exact) mass is 422 g/mol. The molecule has 11 heteroatoms. The predicted octanol–water partition coefficient (Wildman–Crippen LogP) is 4.96. The van der Waals surface area contributed by atoms with Crippen molar-refractivity contribution in [2.24, 2.45) is 0 Å². The Bertz CT molecular complexity index is 821. The number of halogens is 4. The largest absolute Gasteiger partial charge is 0.505 e. The van der Waals surface area contributed by atoms with Crippen molar-refractivity contribution < 1.29 is 27.4 Å². The van der Waals surface area contributed by atoms with Gasteiger partial charge in [-0.15, -0.1) is 0 Å². The Balaban J connectivity index is 2.10. The summed E-state index contributed by atoms with van der Waals surface area (Å²) in [7, 11) is -0.657. The topological polar surface area (TPSA) is 84.3 Å². The second kappa shape index (κ2) is 9.30. The van der Waals surface area contributed by atoms with E-state index >= 15 is 0 Å². The fourth-order valence-corrected chi connectivity index (χ4v) is 3.03. The SMILES string of the molecule is COc1cc(CCCC[P+](=O)O)ccc1Nc1ncc(C(F)(F)F)c(Cl)n1. The fourth-order valence-electron chi connectivity index (χ4n) is 2.30. The number of rotatable bonds is 8. The van der Waals surface area contributed by atoms with Crippen molar-refractivity contribution in [3.63, 3.8) is 0 Å². The van der Waals surface area contributed by atoms with Gasteiger partial charge in [0.05, 0.1) is 12.8 Å². The Morgan fingerprint density at radius 1 is 1.33 bits per heavy atom. The number of hydrogen-bond donors (Lipinski definition) is 2. The number of alkyl halides is 3. The third-order valence-corrected chi connectivity index (χ3v) is 4.61. The first-order valence-corrected chi connectivity index (χ1v) is 9.65. The number of nitrogens with one attached hydrogen (secondary N) is 1. The third kappa shape index (κ3) is 6.30. The highest BCUT2D eigenvalue weighted by molar-refractivity contribution is 7.37. The molecule has 1 aromatic heterocycles. The molecular formula is C16H17ClF3N3O3P+. The van der Waals surface area contributed by atoms with E-state index in [4.69, 9.17) is 21.2 Å². The number of methoxy groups -OCH3 is 1. The molecule has 2 rings (SSSR count). The van der Waals surface area contributed by atoms with Crippen molar-refractivity contribution in [1.82, 2.24) is 9.97 Å². The van der Waals surface area contributed by atoms with E-state index in [0.717, 1.165) is 12.0 Å². The summed E-state index contributed by atoms with van der Waals surface area (Å²) in [5.41, 5.74) is 0.314.